The van der Waals surface area contributed by atoms with Crippen LogP contribution in [0.2, 0.25) is 19.6 Å². The molecule has 0 fully saturated rings. The lowest BCUT2D eigenvalue weighted by atomic mass is 9.33. The topological polar surface area (TPSA) is 6.48 Å². The van der Waals surface area contributed by atoms with Crippen molar-refractivity contribution in [1.29, 1.82) is 0 Å². The van der Waals surface area contributed by atoms with Crippen molar-refractivity contribution in [3.63, 3.8) is 0 Å². The Hall–Kier alpha value is -4.84. The molecule has 74 heavy (non-hydrogen) atoms. The molecule has 0 bridgehead atoms. The lowest BCUT2D eigenvalue weighted by Gasteiger charge is -2.48. The second kappa shape index (κ2) is 15.9. The van der Waals surface area contributed by atoms with Crippen molar-refractivity contribution >= 4 is 91.2 Å². The molecule has 12 rings (SSSR count). The Morgan fingerprint density at radius 2 is 0.986 bits per heavy atom. The molecule has 3 aliphatic carbocycles. The van der Waals surface area contributed by atoms with Gasteiger partial charge >= 0.3 is 0 Å². The van der Waals surface area contributed by atoms with Gasteiger partial charge in [-0.05, 0) is 197 Å². The molecule has 7 aromatic rings. The fourth-order valence-electron chi connectivity index (χ4n) is 14.3. The van der Waals surface area contributed by atoms with E-state index in [9.17, 15) is 0 Å². The van der Waals surface area contributed by atoms with Crippen molar-refractivity contribution in [2.75, 3.05) is 9.80 Å². The zero-order valence-corrected chi connectivity index (χ0v) is 50.3. The van der Waals surface area contributed by atoms with E-state index < -0.39 is 8.07 Å². The van der Waals surface area contributed by atoms with Crippen molar-refractivity contribution in [3.05, 3.63) is 142 Å². The molecule has 0 saturated carbocycles. The fraction of sp³-hybridized carbons (Fsp3) is 0.449. The van der Waals surface area contributed by atoms with Crippen LogP contribution in [0.5, 0.6) is 0 Å². The maximum absolute atomic E-state index is 2.79. The predicted molar refractivity (Wildman–Crippen MR) is 329 cm³/mol. The molecule has 0 N–H and O–H groups in total. The first-order valence-corrected chi connectivity index (χ1v) is 32.7. The van der Waals surface area contributed by atoms with E-state index in [0.717, 1.165) is 0 Å². The summed E-state index contributed by atoms with van der Waals surface area (Å²) in [6, 6.07) is 42.6. The van der Waals surface area contributed by atoms with Gasteiger partial charge in [0, 0.05) is 33.0 Å². The van der Waals surface area contributed by atoms with E-state index in [0.29, 0.717) is 0 Å². The molecule has 3 heterocycles. The van der Waals surface area contributed by atoms with Crippen molar-refractivity contribution in [1.82, 2.24) is 0 Å². The zero-order valence-electron chi connectivity index (χ0n) is 48.4. The molecule has 382 valence electrons. The zero-order chi connectivity index (χ0) is 52.8. The average Bonchev–Trinajstić information content (AvgIpc) is 3.70. The minimum Gasteiger partial charge on any atom is -0.311 e. The summed E-state index contributed by atoms with van der Waals surface area (Å²) in [7, 11) is -1.96. The Morgan fingerprint density at radius 1 is 0.473 bits per heavy atom. The van der Waals surface area contributed by atoms with Crippen LogP contribution in [0.25, 0.3) is 21.2 Å². The molecule has 1 aromatic heterocycles. The van der Waals surface area contributed by atoms with E-state index in [1.54, 1.807) is 5.56 Å². The van der Waals surface area contributed by atoms with Gasteiger partial charge in [-0.25, -0.2) is 0 Å². The SMILES string of the molecule is CC(C)(C)c1ccc(N2c3cc([Si](C)(C)C)cc4c3B(c3cc5c(cc3N4c3ccc4c(c3)C(C)(C)CCC4(C)C)C(C)(C)CCC5(C)C)c3c2sc2cc4c(cc32)C(C)(C)CCC4(C)C)c(-c2ccccc2)c1. The Balaban J connectivity index is 1.27. The maximum atomic E-state index is 2.79. The highest BCUT2D eigenvalue weighted by atomic mass is 32.1. The summed E-state index contributed by atoms with van der Waals surface area (Å²) in [5, 5.41) is 4.32. The monoisotopic (exact) mass is 1010 g/mol. The predicted octanol–water partition coefficient (Wildman–Crippen LogP) is 17.5. The Kier molecular flexibility index (Phi) is 10.7. The fourth-order valence-corrected chi connectivity index (χ4v) is 16.8. The summed E-state index contributed by atoms with van der Waals surface area (Å²) >= 11 is 2.05. The van der Waals surface area contributed by atoms with Crippen LogP contribution in [-0.4, -0.2) is 14.8 Å². The number of benzene rings is 6. The van der Waals surface area contributed by atoms with E-state index >= 15 is 0 Å². The molecule has 2 aliphatic heterocycles. The molecule has 0 spiro atoms. The van der Waals surface area contributed by atoms with Gasteiger partial charge in [0.15, 0.2) is 0 Å². The first kappa shape index (κ1) is 50.0. The van der Waals surface area contributed by atoms with Crippen LogP contribution in [0.15, 0.2) is 103 Å². The normalized spacial score (nSPS) is 20.3. The maximum Gasteiger partial charge on any atom is 0.254 e. The van der Waals surface area contributed by atoms with Crippen LogP contribution in [0, 0.1) is 0 Å². The molecule has 0 unspecified atom stereocenters. The Bertz CT molecular complexity index is 3490. The summed E-state index contributed by atoms with van der Waals surface area (Å²) in [6.07, 6.45) is 7.14. The van der Waals surface area contributed by atoms with Gasteiger partial charge in [0.2, 0.25) is 0 Å². The number of thiophene rings is 1. The van der Waals surface area contributed by atoms with Gasteiger partial charge < -0.3 is 9.80 Å². The third-order valence-corrected chi connectivity index (χ3v) is 23.0. The highest BCUT2D eigenvalue weighted by Crippen LogP contribution is 2.56. The minimum absolute atomic E-state index is 0.0161. The van der Waals surface area contributed by atoms with Crippen molar-refractivity contribution < 1.29 is 0 Å². The van der Waals surface area contributed by atoms with Gasteiger partial charge in [-0.3, -0.25) is 0 Å². The molecule has 6 aromatic carbocycles. The van der Waals surface area contributed by atoms with E-state index in [-0.39, 0.29) is 44.6 Å². The van der Waals surface area contributed by atoms with E-state index in [4.69, 9.17) is 0 Å². The van der Waals surface area contributed by atoms with Crippen molar-refractivity contribution in [3.8, 4) is 11.1 Å². The average molecular weight is 1010 g/mol. The van der Waals surface area contributed by atoms with Gasteiger partial charge in [-0.2, -0.15) is 0 Å². The van der Waals surface area contributed by atoms with Crippen LogP contribution in [0.1, 0.15) is 181 Å². The van der Waals surface area contributed by atoms with Crippen LogP contribution in [-0.2, 0) is 37.9 Å². The smallest absolute Gasteiger partial charge is 0.254 e. The number of nitrogens with zero attached hydrogens (tertiary/aromatic N) is 2. The number of anilines is 6. The van der Waals surface area contributed by atoms with Gasteiger partial charge in [-0.15, -0.1) is 11.3 Å². The van der Waals surface area contributed by atoms with Crippen LogP contribution in [0.3, 0.4) is 0 Å². The lowest BCUT2D eigenvalue weighted by Crippen LogP contribution is -2.62. The first-order chi connectivity index (χ1) is 34.4. The highest BCUT2D eigenvalue weighted by molar-refractivity contribution is 7.26. The lowest BCUT2D eigenvalue weighted by molar-refractivity contribution is 0.332. The third-order valence-electron chi connectivity index (χ3n) is 19.8. The van der Waals surface area contributed by atoms with Crippen LogP contribution >= 0.6 is 11.3 Å². The molecular weight excluding hydrogens is 928 g/mol. The van der Waals surface area contributed by atoms with Gasteiger partial charge in [0.25, 0.3) is 6.71 Å². The van der Waals surface area contributed by atoms with E-state index in [2.05, 4.69) is 248 Å². The van der Waals surface area contributed by atoms with Crippen LogP contribution in [0.4, 0.5) is 33.4 Å². The molecule has 0 atom stereocenters. The number of hydrogen-bond acceptors (Lipinski definition) is 3. The molecular formula is C69H83BN2SSi. The third kappa shape index (κ3) is 7.49. The second-order valence-corrected chi connectivity index (χ2v) is 35.9. The highest BCUT2D eigenvalue weighted by Gasteiger charge is 2.50. The summed E-state index contributed by atoms with van der Waals surface area (Å²) in [6.45, 7) is 44.8. The van der Waals surface area contributed by atoms with Gasteiger partial charge in [0.1, 0.15) is 0 Å². The van der Waals surface area contributed by atoms with Gasteiger partial charge in [-0.1, -0.05) is 177 Å². The van der Waals surface area contributed by atoms with Crippen molar-refractivity contribution in [2.24, 2.45) is 0 Å². The number of hydrogen-bond donors (Lipinski definition) is 0. The Morgan fingerprint density at radius 3 is 1.55 bits per heavy atom. The molecule has 5 aliphatic rings. The number of fused-ring (bicyclic) bond motifs is 9. The standard InChI is InChI=1S/C69H83BN2SSi/c1-63(2,3)43-24-27-55(46(34-43)42-22-20-19-21-23-42)72-58-37-45(74(16,17)18)36-57-61(58)70(60-47-38-50-53(41-59(47)73-62(60)72)69(14,15)33-30-66(50,8)9)54-39-51-52(68(12,13)32-31-67(51,10)11)40-56(54)71(57)44-25-26-48-49(35-44)65(6,7)29-28-64(48,4)5/h19-27,34-41H,28-33H2,1-18H3. The summed E-state index contributed by atoms with van der Waals surface area (Å²) < 4.78 is 1.42. The van der Waals surface area contributed by atoms with E-state index in [1.165, 1.54) is 148 Å². The molecule has 0 amide bonds. The largest absolute Gasteiger partial charge is 0.311 e. The number of rotatable bonds is 4. The summed E-state index contributed by atoms with van der Waals surface area (Å²) in [5.74, 6) is 0. The quantitative estimate of drug-likeness (QED) is 0.162. The Labute approximate surface area is 451 Å². The van der Waals surface area contributed by atoms with E-state index in [1.807, 2.05) is 0 Å². The van der Waals surface area contributed by atoms with Gasteiger partial charge in [0.05, 0.1) is 18.8 Å². The van der Waals surface area contributed by atoms with Crippen LogP contribution < -0.4 is 31.4 Å². The second-order valence-electron chi connectivity index (χ2n) is 29.8. The summed E-state index contributed by atoms with van der Waals surface area (Å²) in [5.41, 5.74) is 24.6. The molecule has 5 heteroatoms. The molecule has 0 saturated heterocycles. The first-order valence-electron chi connectivity index (χ1n) is 28.3. The molecule has 2 nitrogen and oxygen atoms in total. The summed E-state index contributed by atoms with van der Waals surface area (Å²) in [4.78, 5) is 5.58. The molecule has 0 radical (unpaired) electrons. The van der Waals surface area contributed by atoms with Crippen molar-refractivity contribution in [2.45, 2.75) is 200 Å². The minimum atomic E-state index is -1.96.